The van der Waals surface area contributed by atoms with Gasteiger partial charge < -0.3 is 4.74 Å². The van der Waals surface area contributed by atoms with Crippen LogP contribution in [0.25, 0.3) is 44.7 Å². The molecule has 5 aromatic carbocycles. The molecular weight excluding hydrogens is 488 g/mol. The lowest BCUT2D eigenvalue weighted by Crippen LogP contribution is -2.30. The van der Waals surface area contributed by atoms with E-state index in [1.54, 1.807) is 0 Å². The standard InChI is InChI=1S/C37H30N2O/c1-3-37(4-2)30-18-9-11-20-33(30)40-34-22-21-27(24-31(34)37)26-15-12-16-28(23-26)35-29-17-8-10-19-32(29)38-36(39-35)25-13-6-5-7-14-25/h5-24H,3-4H2,1-2H3. The average Bonchev–Trinajstić information content (AvgIpc) is 3.03. The summed E-state index contributed by atoms with van der Waals surface area (Å²) in [7, 11) is 0. The predicted molar refractivity (Wildman–Crippen MR) is 164 cm³/mol. The molecule has 1 aliphatic rings. The van der Waals surface area contributed by atoms with Gasteiger partial charge in [-0.2, -0.15) is 0 Å². The Balaban J connectivity index is 1.37. The number of para-hydroxylation sites is 2. The molecule has 0 N–H and O–H groups in total. The van der Waals surface area contributed by atoms with E-state index in [0.717, 1.165) is 63.5 Å². The lowest BCUT2D eigenvalue weighted by Gasteiger charge is -2.39. The van der Waals surface area contributed by atoms with E-state index in [9.17, 15) is 0 Å². The van der Waals surface area contributed by atoms with Crippen molar-refractivity contribution in [2.24, 2.45) is 0 Å². The average molecular weight is 519 g/mol. The molecule has 0 spiro atoms. The first-order chi connectivity index (χ1) is 19.7. The van der Waals surface area contributed by atoms with Gasteiger partial charge in [0.15, 0.2) is 5.82 Å². The monoisotopic (exact) mass is 518 g/mol. The maximum Gasteiger partial charge on any atom is 0.160 e. The summed E-state index contributed by atoms with van der Waals surface area (Å²) in [5.74, 6) is 2.66. The second-order valence-corrected chi connectivity index (χ2v) is 10.5. The van der Waals surface area contributed by atoms with Gasteiger partial charge >= 0.3 is 0 Å². The van der Waals surface area contributed by atoms with Crippen molar-refractivity contribution in [3.8, 4) is 45.3 Å². The smallest absolute Gasteiger partial charge is 0.160 e. The Hall–Kier alpha value is -4.76. The molecule has 0 aliphatic carbocycles. The summed E-state index contributed by atoms with van der Waals surface area (Å²) >= 11 is 0. The van der Waals surface area contributed by atoms with Gasteiger partial charge in [-0.1, -0.05) is 105 Å². The summed E-state index contributed by atoms with van der Waals surface area (Å²) in [4.78, 5) is 9.98. The molecule has 0 saturated heterocycles. The van der Waals surface area contributed by atoms with Crippen LogP contribution in [0.15, 0.2) is 121 Å². The summed E-state index contributed by atoms with van der Waals surface area (Å²) in [5.41, 5.74) is 8.76. The number of ether oxygens (including phenoxy) is 1. The molecule has 7 rings (SSSR count). The van der Waals surface area contributed by atoms with Crippen molar-refractivity contribution in [2.45, 2.75) is 32.1 Å². The number of nitrogens with zero attached hydrogens (tertiary/aromatic N) is 2. The van der Waals surface area contributed by atoms with Crippen molar-refractivity contribution in [1.82, 2.24) is 9.97 Å². The molecule has 3 nitrogen and oxygen atoms in total. The Labute approximate surface area is 235 Å². The van der Waals surface area contributed by atoms with Gasteiger partial charge in [-0.25, -0.2) is 9.97 Å². The van der Waals surface area contributed by atoms with Crippen LogP contribution in [0.3, 0.4) is 0 Å². The summed E-state index contributed by atoms with van der Waals surface area (Å²) < 4.78 is 6.41. The van der Waals surface area contributed by atoms with Gasteiger partial charge in [-0.05, 0) is 54.3 Å². The third-order valence-corrected chi connectivity index (χ3v) is 8.43. The molecule has 0 radical (unpaired) electrons. The van der Waals surface area contributed by atoms with Gasteiger partial charge in [0.2, 0.25) is 0 Å². The van der Waals surface area contributed by atoms with Crippen molar-refractivity contribution in [3.63, 3.8) is 0 Å². The highest BCUT2D eigenvalue weighted by atomic mass is 16.5. The molecule has 0 bridgehead atoms. The van der Waals surface area contributed by atoms with Gasteiger partial charge in [0.1, 0.15) is 11.5 Å². The zero-order chi connectivity index (χ0) is 27.1. The van der Waals surface area contributed by atoms with Gasteiger partial charge in [0.25, 0.3) is 0 Å². The Kier molecular flexibility index (Phi) is 5.93. The van der Waals surface area contributed by atoms with Crippen LogP contribution in [0.4, 0.5) is 0 Å². The molecule has 0 unspecified atom stereocenters. The minimum atomic E-state index is -0.0781. The van der Waals surface area contributed by atoms with Crippen molar-refractivity contribution in [3.05, 3.63) is 132 Å². The van der Waals surface area contributed by atoms with Crippen LogP contribution in [0.5, 0.6) is 11.5 Å². The topological polar surface area (TPSA) is 35.0 Å². The molecule has 0 atom stereocenters. The fourth-order valence-electron chi connectivity index (χ4n) is 6.26. The number of hydrogen-bond acceptors (Lipinski definition) is 3. The van der Waals surface area contributed by atoms with E-state index in [-0.39, 0.29) is 5.41 Å². The van der Waals surface area contributed by atoms with E-state index >= 15 is 0 Å². The lowest BCUT2D eigenvalue weighted by atomic mass is 9.68. The van der Waals surface area contributed by atoms with E-state index in [1.807, 2.05) is 24.3 Å². The summed E-state index contributed by atoms with van der Waals surface area (Å²) in [6, 6.07) is 42.3. The highest BCUT2D eigenvalue weighted by Crippen LogP contribution is 2.52. The maximum atomic E-state index is 6.41. The first-order valence-electron chi connectivity index (χ1n) is 14.0. The molecule has 2 heterocycles. The van der Waals surface area contributed by atoms with E-state index in [1.165, 1.54) is 16.7 Å². The molecule has 40 heavy (non-hydrogen) atoms. The second-order valence-electron chi connectivity index (χ2n) is 10.5. The van der Waals surface area contributed by atoms with Crippen molar-refractivity contribution in [2.75, 3.05) is 0 Å². The number of benzene rings is 5. The van der Waals surface area contributed by atoms with E-state index < -0.39 is 0 Å². The molecule has 1 aromatic heterocycles. The van der Waals surface area contributed by atoms with Crippen molar-refractivity contribution < 1.29 is 4.74 Å². The third kappa shape index (κ3) is 3.89. The summed E-state index contributed by atoms with van der Waals surface area (Å²) in [6.45, 7) is 4.57. The maximum absolute atomic E-state index is 6.41. The molecule has 3 heteroatoms. The zero-order valence-corrected chi connectivity index (χ0v) is 22.8. The Morgan fingerprint density at radius 2 is 1.23 bits per heavy atom. The fraction of sp³-hybridized carbons (Fsp3) is 0.135. The quantitative estimate of drug-likeness (QED) is 0.228. The van der Waals surface area contributed by atoms with Crippen LogP contribution in [0, 0.1) is 0 Å². The van der Waals surface area contributed by atoms with Crippen LogP contribution in [0.1, 0.15) is 37.8 Å². The lowest BCUT2D eigenvalue weighted by molar-refractivity contribution is 0.375. The number of hydrogen-bond donors (Lipinski definition) is 0. The Bertz CT molecular complexity index is 1850. The number of rotatable bonds is 5. The molecular formula is C37H30N2O. The minimum Gasteiger partial charge on any atom is -0.457 e. The molecule has 0 amide bonds. The highest BCUT2D eigenvalue weighted by molar-refractivity contribution is 5.94. The van der Waals surface area contributed by atoms with Crippen molar-refractivity contribution >= 4 is 10.9 Å². The minimum absolute atomic E-state index is 0.0781. The van der Waals surface area contributed by atoms with Gasteiger partial charge in [-0.15, -0.1) is 0 Å². The van der Waals surface area contributed by atoms with Gasteiger partial charge in [-0.3, -0.25) is 0 Å². The zero-order valence-electron chi connectivity index (χ0n) is 22.8. The summed E-state index contributed by atoms with van der Waals surface area (Å²) in [5, 5.41) is 1.05. The fourth-order valence-corrected chi connectivity index (χ4v) is 6.26. The molecule has 194 valence electrons. The molecule has 1 aliphatic heterocycles. The highest BCUT2D eigenvalue weighted by Gasteiger charge is 2.39. The van der Waals surface area contributed by atoms with E-state index in [2.05, 4.69) is 111 Å². The van der Waals surface area contributed by atoms with E-state index in [0.29, 0.717) is 0 Å². The van der Waals surface area contributed by atoms with Crippen LogP contribution >= 0.6 is 0 Å². The SMILES string of the molecule is CCC1(CC)c2ccccc2Oc2ccc(-c3cccc(-c4nc(-c5ccccc5)nc5ccccc45)c3)cc21. The Morgan fingerprint density at radius 3 is 2.08 bits per heavy atom. The van der Waals surface area contributed by atoms with Crippen LogP contribution in [0.2, 0.25) is 0 Å². The first kappa shape index (κ1) is 24.3. The Morgan fingerprint density at radius 1 is 0.550 bits per heavy atom. The second kappa shape index (κ2) is 9.77. The largest absolute Gasteiger partial charge is 0.457 e. The normalized spacial score (nSPS) is 13.3. The molecule has 0 saturated carbocycles. The van der Waals surface area contributed by atoms with Gasteiger partial charge in [0.05, 0.1) is 11.2 Å². The van der Waals surface area contributed by atoms with Crippen LogP contribution in [-0.4, -0.2) is 9.97 Å². The third-order valence-electron chi connectivity index (χ3n) is 8.43. The first-order valence-corrected chi connectivity index (χ1v) is 14.0. The predicted octanol–water partition coefficient (Wildman–Crippen LogP) is 9.84. The molecule has 6 aromatic rings. The van der Waals surface area contributed by atoms with Crippen LogP contribution in [-0.2, 0) is 5.41 Å². The van der Waals surface area contributed by atoms with Crippen LogP contribution < -0.4 is 4.74 Å². The van der Waals surface area contributed by atoms with Gasteiger partial charge in [0, 0.05) is 33.1 Å². The number of fused-ring (bicyclic) bond motifs is 3. The van der Waals surface area contributed by atoms with E-state index in [4.69, 9.17) is 14.7 Å². The summed E-state index contributed by atoms with van der Waals surface area (Å²) in [6.07, 6.45) is 2.02. The molecule has 0 fully saturated rings. The number of aromatic nitrogens is 2. The van der Waals surface area contributed by atoms with Crippen molar-refractivity contribution in [1.29, 1.82) is 0 Å².